The lowest BCUT2D eigenvalue weighted by atomic mass is 10.3. The average Bonchev–Trinajstić information content (AvgIpc) is 2.38. The number of carbonyl (C=O) groups is 1. The molecule has 18 heavy (non-hydrogen) atoms. The van der Waals surface area contributed by atoms with E-state index in [1.807, 2.05) is 0 Å². The van der Waals surface area contributed by atoms with Crippen molar-refractivity contribution in [3.63, 3.8) is 0 Å². The number of anilines is 2. The summed E-state index contributed by atoms with van der Waals surface area (Å²) in [6, 6.07) is 8.79. The van der Waals surface area contributed by atoms with E-state index >= 15 is 0 Å². The van der Waals surface area contributed by atoms with Crippen molar-refractivity contribution in [1.29, 1.82) is 0 Å². The molecule has 0 fully saturated rings. The van der Waals surface area contributed by atoms with Crippen molar-refractivity contribution in [2.75, 3.05) is 16.8 Å². The number of hydrogen-bond donors (Lipinski definition) is 2. The zero-order valence-electron chi connectivity index (χ0n) is 9.54. The second kappa shape index (κ2) is 6.02. The van der Waals surface area contributed by atoms with E-state index in [4.69, 9.17) is 5.73 Å². The predicted octanol–water partition coefficient (Wildman–Crippen LogP) is 1.79. The lowest BCUT2D eigenvalue weighted by molar-refractivity contribution is -0.113. The second-order valence-corrected chi connectivity index (χ2v) is 4.44. The van der Waals surface area contributed by atoms with Crippen molar-refractivity contribution < 1.29 is 4.79 Å². The number of carbonyl (C=O) groups excluding carboxylic acids is 1. The molecular formula is C12H12N4OS. The fourth-order valence-electron chi connectivity index (χ4n) is 1.30. The molecule has 1 heterocycles. The second-order valence-electron chi connectivity index (χ2n) is 3.49. The molecule has 0 aliphatic carbocycles. The van der Waals surface area contributed by atoms with Crippen LogP contribution in [0, 0.1) is 0 Å². The molecular weight excluding hydrogens is 248 g/mol. The molecule has 6 heteroatoms. The van der Waals surface area contributed by atoms with Crippen LogP contribution in [0.15, 0.2) is 47.9 Å². The number of nitrogens with one attached hydrogen (secondary N) is 1. The van der Waals surface area contributed by atoms with E-state index in [9.17, 15) is 4.79 Å². The predicted molar refractivity (Wildman–Crippen MR) is 72.2 cm³/mol. The number of nitrogens with zero attached hydrogens (tertiary/aromatic N) is 2. The van der Waals surface area contributed by atoms with Gasteiger partial charge in [-0.3, -0.25) is 4.79 Å². The van der Waals surface area contributed by atoms with Crippen LogP contribution < -0.4 is 11.1 Å². The third kappa shape index (κ3) is 3.74. The van der Waals surface area contributed by atoms with E-state index in [1.54, 1.807) is 42.7 Å². The lowest BCUT2D eigenvalue weighted by Gasteiger charge is -2.05. The van der Waals surface area contributed by atoms with Gasteiger partial charge in [-0.05, 0) is 24.3 Å². The van der Waals surface area contributed by atoms with Gasteiger partial charge >= 0.3 is 0 Å². The molecule has 1 amide bonds. The van der Waals surface area contributed by atoms with Crippen LogP contribution in [0.1, 0.15) is 0 Å². The number of aromatic nitrogens is 2. The summed E-state index contributed by atoms with van der Waals surface area (Å²) >= 11 is 1.29. The van der Waals surface area contributed by atoms with Crippen LogP contribution in [0.3, 0.4) is 0 Å². The number of nitrogen functional groups attached to an aromatic ring is 1. The van der Waals surface area contributed by atoms with E-state index in [2.05, 4.69) is 15.3 Å². The molecule has 5 nitrogen and oxygen atoms in total. The van der Waals surface area contributed by atoms with Gasteiger partial charge in [-0.2, -0.15) is 0 Å². The van der Waals surface area contributed by atoms with Crippen LogP contribution in [0.2, 0.25) is 0 Å². The molecule has 92 valence electrons. The summed E-state index contributed by atoms with van der Waals surface area (Å²) in [6.07, 6.45) is 3.29. The van der Waals surface area contributed by atoms with Crippen LogP contribution >= 0.6 is 11.8 Å². The topological polar surface area (TPSA) is 80.9 Å². The van der Waals surface area contributed by atoms with Crippen molar-refractivity contribution in [2.24, 2.45) is 0 Å². The van der Waals surface area contributed by atoms with Crippen molar-refractivity contribution >= 4 is 29.0 Å². The molecule has 0 aliphatic rings. The van der Waals surface area contributed by atoms with Gasteiger partial charge in [-0.15, -0.1) is 0 Å². The van der Waals surface area contributed by atoms with Gasteiger partial charge in [-0.25, -0.2) is 9.97 Å². The summed E-state index contributed by atoms with van der Waals surface area (Å²) in [7, 11) is 0. The maximum atomic E-state index is 11.7. The third-order valence-electron chi connectivity index (χ3n) is 2.04. The Bertz CT molecular complexity index is 533. The fourth-order valence-corrected chi connectivity index (χ4v) is 1.91. The largest absolute Gasteiger partial charge is 0.399 e. The minimum atomic E-state index is -0.113. The van der Waals surface area contributed by atoms with Gasteiger partial charge in [-0.1, -0.05) is 17.8 Å². The smallest absolute Gasteiger partial charge is 0.234 e. The Morgan fingerprint density at radius 1 is 1.28 bits per heavy atom. The first kappa shape index (κ1) is 12.4. The molecule has 0 aliphatic heterocycles. The Morgan fingerprint density at radius 3 is 2.78 bits per heavy atom. The van der Waals surface area contributed by atoms with Crippen molar-refractivity contribution in [2.45, 2.75) is 5.16 Å². The van der Waals surface area contributed by atoms with E-state index in [1.165, 1.54) is 11.8 Å². The fraction of sp³-hybridized carbons (Fsp3) is 0.0833. The van der Waals surface area contributed by atoms with Gasteiger partial charge in [0.05, 0.1) is 5.75 Å². The van der Waals surface area contributed by atoms with E-state index in [0.29, 0.717) is 16.5 Å². The van der Waals surface area contributed by atoms with Crippen molar-refractivity contribution in [1.82, 2.24) is 9.97 Å². The number of thioether (sulfide) groups is 1. The third-order valence-corrected chi connectivity index (χ3v) is 2.92. The monoisotopic (exact) mass is 260 g/mol. The maximum absolute atomic E-state index is 11.7. The quantitative estimate of drug-likeness (QED) is 0.497. The van der Waals surface area contributed by atoms with Gasteiger partial charge in [0.25, 0.3) is 0 Å². The lowest BCUT2D eigenvalue weighted by Crippen LogP contribution is -2.14. The molecule has 2 rings (SSSR count). The van der Waals surface area contributed by atoms with Crippen LogP contribution in [0.25, 0.3) is 0 Å². The number of amides is 1. The number of hydrogen-bond acceptors (Lipinski definition) is 5. The molecule has 1 aromatic carbocycles. The zero-order chi connectivity index (χ0) is 12.8. The van der Waals surface area contributed by atoms with Gasteiger partial charge in [0.15, 0.2) is 5.16 Å². The summed E-state index contributed by atoms with van der Waals surface area (Å²) in [4.78, 5) is 19.7. The first-order valence-corrected chi connectivity index (χ1v) is 6.28. The zero-order valence-corrected chi connectivity index (χ0v) is 10.4. The Hall–Kier alpha value is -2.08. The highest BCUT2D eigenvalue weighted by Crippen LogP contribution is 2.14. The highest BCUT2D eigenvalue weighted by molar-refractivity contribution is 7.99. The number of benzene rings is 1. The Balaban J connectivity index is 1.86. The number of rotatable bonds is 4. The molecule has 0 unspecified atom stereocenters. The molecule has 0 radical (unpaired) electrons. The molecule has 0 saturated carbocycles. The minimum Gasteiger partial charge on any atom is -0.399 e. The SMILES string of the molecule is Nc1cccc(NC(=O)CSc2ncccn2)c1. The highest BCUT2D eigenvalue weighted by atomic mass is 32.2. The summed E-state index contributed by atoms with van der Waals surface area (Å²) in [6.45, 7) is 0. The van der Waals surface area contributed by atoms with Crippen molar-refractivity contribution in [3.8, 4) is 0 Å². The van der Waals surface area contributed by atoms with Crippen LogP contribution in [-0.4, -0.2) is 21.6 Å². The standard InChI is InChI=1S/C12H12N4OS/c13-9-3-1-4-10(7-9)16-11(17)8-18-12-14-5-2-6-15-12/h1-7H,8,13H2,(H,16,17). The molecule has 0 bridgehead atoms. The summed E-state index contributed by atoms with van der Waals surface area (Å²) in [5.74, 6) is 0.150. The molecule has 2 aromatic rings. The summed E-state index contributed by atoms with van der Waals surface area (Å²) in [5.41, 5.74) is 6.93. The van der Waals surface area contributed by atoms with E-state index < -0.39 is 0 Å². The van der Waals surface area contributed by atoms with Crippen LogP contribution in [0.5, 0.6) is 0 Å². The normalized spacial score (nSPS) is 10.0. The van der Waals surface area contributed by atoms with Gasteiger partial charge < -0.3 is 11.1 Å². The molecule has 0 spiro atoms. The minimum absolute atomic E-state index is 0.113. The highest BCUT2D eigenvalue weighted by Gasteiger charge is 2.04. The summed E-state index contributed by atoms with van der Waals surface area (Å²) < 4.78 is 0. The average molecular weight is 260 g/mol. The first-order valence-electron chi connectivity index (χ1n) is 5.29. The number of nitrogens with two attached hydrogens (primary N) is 1. The molecule has 3 N–H and O–H groups in total. The van der Waals surface area contributed by atoms with Gasteiger partial charge in [0.2, 0.25) is 5.91 Å². The van der Waals surface area contributed by atoms with Gasteiger partial charge in [0.1, 0.15) is 0 Å². The Morgan fingerprint density at radius 2 is 2.06 bits per heavy atom. The molecule has 1 aromatic heterocycles. The summed E-state index contributed by atoms with van der Waals surface area (Å²) in [5, 5.41) is 3.34. The van der Waals surface area contributed by atoms with Gasteiger partial charge in [0, 0.05) is 23.8 Å². The van der Waals surface area contributed by atoms with Crippen LogP contribution in [0.4, 0.5) is 11.4 Å². The van der Waals surface area contributed by atoms with Crippen LogP contribution in [-0.2, 0) is 4.79 Å². The Labute approximate surface area is 109 Å². The maximum Gasteiger partial charge on any atom is 0.234 e. The van der Waals surface area contributed by atoms with Crippen molar-refractivity contribution in [3.05, 3.63) is 42.7 Å². The molecule has 0 atom stereocenters. The van der Waals surface area contributed by atoms with E-state index in [0.717, 1.165) is 0 Å². The Kier molecular flexibility index (Phi) is 4.14. The van der Waals surface area contributed by atoms with E-state index in [-0.39, 0.29) is 11.7 Å². The molecule has 0 saturated heterocycles. The first-order chi connectivity index (χ1) is 8.74.